The molecule has 0 unspecified atom stereocenters. The lowest BCUT2D eigenvalue weighted by Gasteiger charge is -2.27. The van der Waals surface area contributed by atoms with Gasteiger partial charge in [-0.1, -0.05) is 4.49 Å². The molecule has 204 valence electrons. The van der Waals surface area contributed by atoms with Gasteiger partial charge in [0.1, 0.15) is 4.88 Å². The average Bonchev–Trinajstić information content (AvgIpc) is 3.14. The fraction of sp³-hybridized carbons (Fsp3) is 0.407. The van der Waals surface area contributed by atoms with Crippen LogP contribution in [0, 0.1) is 6.92 Å². The zero-order valence-electron chi connectivity index (χ0n) is 21.9. The van der Waals surface area contributed by atoms with Gasteiger partial charge in [0, 0.05) is 69.3 Å². The van der Waals surface area contributed by atoms with Crippen LogP contribution in [-0.4, -0.2) is 94.5 Å². The van der Waals surface area contributed by atoms with Gasteiger partial charge in [-0.05, 0) is 68.2 Å². The maximum absolute atomic E-state index is 13.4. The van der Waals surface area contributed by atoms with E-state index in [-0.39, 0.29) is 17.7 Å². The Kier molecular flexibility index (Phi) is 8.42. The first-order chi connectivity index (χ1) is 19.0. The zero-order chi connectivity index (χ0) is 27.2. The van der Waals surface area contributed by atoms with Crippen LogP contribution in [0.5, 0.6) is 0 Å². The standard InChI is InChI=1S/C27H32N8O3S/c1-19-24(39-32-31-19)25(36)30-22-18-21(27(38)34-12-2-8-28-11-15-34)4-5-23(22)33-13-3-14-35(17-16-33)26(37)20-6-9-29-10-7-20/h4-7,9-10,18,28H,2-3,8,11-17H2,1H3,(H,30,36). The largest absolute Gasteiger partial charge is 0.368 e. The van der Waals surface area contributed by atoms with Crippen molar-refractivity contribution in [3.05, 3.63) is 64.4 Å². The van der Waals surface area contributed by atoms with E-state index >= 15 is 0 Å². The van der Waals surface area contributed by atoms with Gasteiger partial charge in [-0.2, -0.15) is 0 Å². The Bertz CT molecular complexity index is 1320. The predicted molar refractivity (Wildman–Crippen MR) is 149 cm³/mol. The van der Waals surface area contributed by atoms with E-state index in [1.54, 1.807) is 37.5 Å². The molecule has 0 bridgehead atoms. The summed E-state index contributed by atoms with van der Waals surface area (Å²) in [6.07, 6.45) is 4.91. The Morgan fingerprint density at radius 3 is 2.44 bits per heavy atom. The summed E-state index contributed by atoms with van der Waals surface area (Å²) in [5.74, 6) is -0.383. The first-order valence-corrected chi connectivity index (χ1v) is 14.0. The molecule has 1 aromatic carbocycles. The smallest absolute Gasteiger partial charge is 0.269 e. The molecule has 4 heterocycles. The van der Waals surface area contributed by atoms with Crippen molar-refractivity contribution in [2.45, 2.75) is 19.8 Å². The molecule has 39 heavy (non-hydrogen) atoms. The monoisotopic (exact) mass is 548 g/mol. The van der Waals surface area contributed by atoms with Gasteiger partial charge in [-0.15, -0.1) is 5.10 Å². The van der Waals surface area contributed by atoms with E-state index in [0.29, 0.717) is 66.7 Å². The molecular formula is C27H32N8O3S. The predicted octanol–water partition coefficient (Wildman–Crippen LogP) is 2.28. The molecule has 0 aliphatic carbocycles. The minimum atomic E-state index is -0.309. The van der Waals surface area contributed by atoms with Gasteiger partial charge >= 0.3 is 0 Å². The van der Waals surface area contributed by atoms with E-state index in [1.807, 2.05) is 21.9 Å². The lowest BCUT2D eigenvalue weighted by Crippen LogP contribution is -2.35. The van der Waals surface area contributed by atoms with Crippen LogP contribution in [-0.2, 0) is 0 Å². The van der Waals surface area contributed by atoms with Gasteiger partial charge in [0.15, 0.2) is 0 Å². The summed E-state index contributed by atoms with van der Waals surface area (Å²) in [5, 5.41) is 10.3. The number of rotatable bonds is 5. The summed E-state index contributed by atoms with van der Waals surface area (Å²) in [6, 6.07) is 8.95. The molecule has 2 aliphatic heterocycles. The normalized spacial score (nSPS) is 16.4. The number of nitrogens with one attached hydrogen (secondary N) is 2. The van der Waals surface area contributed by atoms with Gasteiger partial charge in [-0.3, -0.25) is 19.4 Å². The Labute approximate surface area is 231 Å². The highest BCUT2D eigenvalue weighted by atomic mass is 32.1. The molecule has 2 aliphatic rings. The third kappa shape index (κ3) is 6.23. The van der Waals surface area contributed by atoms with Crippen LogP contribution in [0.25, 0.3) is 0 Å². The van der Waals surface area contributed by atoms with Gasteiger partial charge in [0.05, 0.1) is 17.1 Å². The number of pyridine rings is 1. The highest BCUT2D eigenvalue weighted by molar-refractivity contribution is 7.08. The third-order valence-electron chi connectivity index (χ3n) is 7.03. The number of aryl methyl sites for hydroxylation is 1. The van der Waals surface area contributed by atoms with E-state index in [0.717, 1.165) is 43.2 Å². The molecule has 5 rings (SSSR count). The van der Waals surface area contributed by atoms with Crippen LogP contribution in [0.3, 0.4) is 0 Å². The van der Waals surface area contributed by atoms with E-state index < -0.39 is 0 Å². The highest BCUT2D eigenvalue weighted by Gasteiger charge is 2.25. The van der Waals surface area contributed by atoms with Crippen molar-refractivity contribution in [3.63, 3.8) is 0 Å². The first-order valence-electron chi connectivity index (χ1n) is 13.2. The van der Waals surface area contributed by atoms with Gasteiger partial charge in [0.2, 0.25) is 0 Å². The minimum Gasteiger partial charge on any atom is -0.368 e. The molecule has 11 nitrogen and oxygen atoms in total. The van der Waals surface area contributed by atoms with Crippen LogP contribution in [0.15, 0.2) is 42.7 Å². The van der Waals surface area contributed by atoms with Crippen LogP contribution < -0.4 is 15.5 Å². The van der Waals surface area contributed by atoms with Crippen LogP contribution in [0.1, 0.15) is 48.9 Å². The second-order valence-corrected chi connectivity index (χ2v) is 10.4. The van der Waals surface area contributed by atoms with Crippen LogP contribution in [0.4, 0.5) is 11.4 Å². The number of benzene rings is 1. The van der Waals surface area contributed by atoms with Crippen molar-refractivity contribution < 1.29 is 14.4 Å². The van der Waals surface area contributed by atoms with Crippen molar-refractivity contribution in [2.75, 3.05) is 62.6 Å². The number of hydrogen-bond acceptors (Lipinski definition) is 9. The molecule has 2 saturated heterocycles. The van der Waals surface area contributed by atoms with Crippen molar-refractivity contribution >= 4 is 40.6 Å². The van der Waals surface area contributed by atoms with Crippen molar-refractivity contribution in [1.29, 1.82) is 0 Å². The highest BCUT2D eigenvalue weighted by Crippen LogP contribution is 2.30. The Hall–Kier alpha value is -3.90. The molecule has 2 aromatic heterocycles. The first kappa shape index (κ1) is 26.7. The summed E-state index contributed by atoms with van der Waals surface area (Å²) in [7, 11) is 0. The molecule has 2 fully saturated rings. The Morgan fingerprint density at radius 2 is 1.64 bits per heavy atom. The topological polar surface area (TPSA) is 124 Å². The summed E-state index contributed by atoms with van der Waals surface area (Å²) in [6.45, 7) is 7.18. The SMILES string of the molecule is Cc1nnsc1C(=O)Nc1cc(C(=O)N2CCCNCC2)ccc1N1CCCN(C(=O)c2ccncc2)CC1. The molecular weight excluding hydrogens is 516 g/mol. The maximum Gasteiger partial charge on any atom is 0.269 e. The molecule has 0 radical (unpaired) electrons. The van der Waals surface area contributed by atoms with Gasteiger partial charge in [-0.25, -0.2) is 0 Å². The lowest BCUT2D eigenvalue weighted by atomic mass is 10.1. The number of aromatic nitrogens is 3. The molecule has 0 spiro atoms. The molecule has 3 amide bonds. The zero-order valence-corrected chi connectivity index (χ0v) is 22.7. The van der Waals surface area contributed by atoms with Crippen molar-refractivity contribution in [2.24, 2.45) is 0 Å². The third-order valence-corrected chi connectivity index (χ3v) is 7.85. The van der Waals surface area contributed by atoms with E-state index in [1.165, 1.54) is 0 Å². The number of carbonyl (C=O) groups is 3. The molecule has 12 heteroatoms. The number of amides is 3. The number of nitrogens with zero attached hydrogens (tertiary/aromatic N) is 6. The van der Waals surface area contributed by atoms with Crippen LogP contribution in [0.2, 0.25) is 0 Å². The van der Waals surface area contributed by atoms with E-state index in [9.17, 15) is 14.4 Å². The van der Waals surface area contributed by atoms with E-state index in [2.05, 4.69) is 30.1 Å². The Balaban J connectivity index is 1.39. The quantitative estimate of drug-likeness (QED) is 0.498. The molecule has 3 aromatic rings. The van der Waals surface area contributed by atoms with Crippen molar-refractivity contribution in [3.8, 4) is 0 Å². The summed E-state index contributed by atoms with van der Waals surface area (Å²) >= 11 is 1.04. The molecule has 2 N–H and O–H groups in total. The summed E-state index contributed by atoms with van der Waals surface area (Å²) in [4.78, 5) is 49.9. The maximum atomic E-state index is 13.4. The minimum absolute atomic E-state index is 0.0196. The summed E-state index contributed by atoms with van der Waals surface area (Å²) in [5.41, 5.74) is 3.07. The number of hydrogen-bond donors (Lipinski definition) is 2. The number of anilines is 2. The summed E-state index contributed by atoms with van der Waals surface area (Å²) < 4.78 is 3.89. The second-order valence-electron chi connectivity index (χ2n) is 9.64. The fourth-order valence-corrected chi connectivity index (χ4v) is 5.49. The second kappa shape index (κ2) is 12.3. The number of carbonyl (C=O) groups excluding carboxylic acids is 3. The molecule has 0 atom stereocenters. The lowest BCUT2D eigenvalue weighted by molar-refractivity contribution is 0.0759. The molecule has 0 saturated carbocycles. The average molecular weight is 549 g/mol. The van der Waals surface area contributed by atoms with Gasteiger partial charge < -0.3 is 25.3 Å². The fourth-order valence-electron chi connectivity index (χ4n) is 4.93. The van der Waals surface area contributed by atoms with Gasteiger partial charge in [0.25, 0.3) is 17.7 Å². The van der Waals surface area contributed by atoms with Crippen molar-refractivity contribution in [1.82, 2.24) is 29.7 Å². The van der Waals surface area contributed by atoms with Crippen LogP contribution >= 0.6 is 11.5 Å². The van der Waals surface area contributed by atoms with E-state index in [4.69, 9.17) is 0 Å². The Morgan fingerprint density at radius 1 is 0.872 bits per heavy atom.